The summed E-state index contributed by atoms with van der Waals surface area (Å²) in [5.41, 5.74) is 0.337. The molecule has 0 spiro atoms. The van der Waals surface area contributed by atoms with Crippen LogP contribution in [0.15, 0.2) is 30.3 Å². The lowest BCUT2D eigenvalue weighted by molar-refractivity contribution is -0.199. The second kappa shape index (κ2) is 12.3. The fourth-order valence-electron chi connectivity index (χ4n) is 6.93. The number of carbonyl (C=O) groups excluding carboxylic acids is 3. The summed E-state index contributed by atoms with van der Waals surface area (Å²) in [6, 6.07) is 9.29. The van der Waals surface area contributed by atoms with Gasteiger partial charge in [-0.15, -0.1) is 0 Å². The van der Waals surface area contributed by atoms with Gasteiger partial charge in [0.25, 0.3) is 0 Å². The lowest BCUT2D eigenvalue weighted by Gasteiger charge is -2.64. The second-order valence-electron chi connectivity index (χ2n) is 13.8. The molecule has 226 valence electrons. The number of unbranched alkanes of at least 4 members (excludes halogenated alkanes) is 1. The molecule has 4 aliphatic rings. The fraction of sp³-hybridized carbons (Fsp3) is 0.710. The molecule has 9 nitrogen and oxygen atoms in total. The highest BCUT2D eigenvalue weighted by Gasteiger charge is 2.68. The first-order valence-corrected chi connectivity index (χ1v) is 15.1. The predicted octanol–water partition coefficient (Wildman–Crippen LogP) is 4.18. The number of ether oxygens (including phenoxy) is 1. The molecule has 3 aliphatic carbocycles. The molecule has 1 aliphatic heterocycles. The quantitative estimate of drug-likeness (QED) is 0.272. The Bertz CT molecular complexity index is 1090. The van der Waals surface area contributed by atoms with Crippen molar-refractivity contribution in [3.05, 3.63) is 35.9 Å². The van der Waals surface area contributed by atoms with Gasteiger partial charge in [-0.2, -0.15) is 0 Å². The molecule has 3 amide bonds. The highest BCUT2D eigenvalue weighted by Crippen LogP contribution is 2.65. The second-order valence-corrected chi connectivity index (χ2v) is 13.8. The molecule has 41 heavy (non-hydrogen) atoms. The molecule has 4 fully saturated rings. The van der Waals surface area contributed by atoms with E-state index < -0.39 is 30.8 Å². The molecule has 3 saturated carbocycles. The molecule has 1 aromatic rings. The van der Waals surface area contributed by atoms with Gasteiger partial charge in [0.15, 0.2) is 0 Å². The van der Waals surface area contributed by atoms with Gasteiger partial charge in [-0.25, -0.2) is 4.79 Å². The van der Waals surface area contributed by atoms with E-state index in [1.165, 1.54) is 6.92 Å². The van der Waals surface area contributed by atoms with Crippen molar-refractivity contribution in [1.82, 2.24) is 16.0 Å². The largest absolute Gasteiger partial charge is 0.482 e. The topological polar surface area (TPSA) is 115 Å². The number of hydrogen-bond acceptors (Lipinski definition) is 6. The third-order valence-electron chi connectivity index (χ3n) is 9.21. The zero-order valence-corrected chi connectivity index (χ0v) is 25.8. The standard InChI is InChI=1S/C31H48BN3O6/c1-20(36)34-23(15-11-12-16-33-28(38)39-29(2,3)4)27(37)35-26(17-21-13-9-8-10-14-21)32-40-25-19-22-18-24(30(22,5)6)31(25,7)41-32/h8-10,13-14,22-26H,11-12,15-19H2,1-7H3,(H,33,38)(H,34,36)(H,35,37)/t22-,23-,24-,25+,26-,31-/m0/s1. The van der Waals surface area contributed by atoms with Gasteiger partial charge in [0, 0.05) is 13.5 Å². The van der Waals surface area contributed by atoms with Gasteiger partial charge in [0.05, 0.1) is 17.6 Å². The summed E-state index contributed by atoms with van der Waals surface area (Å²) in [5.74, 6) is 0.0867. The van der Waals surface area contributed by atoms with Crippen LogP contribution in [0.4, 0.5) is 4.79 Å². The molecule has 0 radical (unpaired) electrons. The van der Waals surface area contributed by atoms with Gasteiger partial charge in [0.1, 0.15) is 11.6 Å². The number of carbonyl (C=O) groups is 3. The highest BCUT2D eigenvalue weighted by molar-refractivity contribution is 6.48. The summed E-state index contributed by atoms with van der Waals surface area (Å²) in [6.45, 7) is 14.1. The Hall–Kier alpha value is -2.59. The number of amides is 3. The van der Waals surface area contributed by atoms with Gasteiger partial charge < -0.3 is 30.0 Å². The monoisotopic (exact) mass is 569 g/mol. The van der Waals surface area contributed by atoms with Crippen molar-refractivity contribution >= 4 is 25.0 Å². The van der Waals surface area contributed by atoms with E-state index in [1.54, 1.807) is 0 Å². The van der Waals surface area contributed by atoms with E-state index in [4.69, 9.17) is 14.0 Å². The van der Waals surface area contributed by atoms with Crippen LogP contribution in [0.2, 0.25) is 0 Å². The average Bonchev–Trinajstić information content (AvgIpc) is 3.24. The lowest BCUT2D eigenvalue weighted by atomic mass is 9.43. The minimum Gasteiger partial charge on any atom is -0.444 e. The smallest absolute Gasteiger partial charge is 0.444 e. The van der Waals surface area contributed by atoms with Crippen LogP contribution >= 0.6 is 0 Å². The molecule has 2 bridgehead atoms. The maximum absolute atomic E-state index is 13.6. The van der Waals surface area contributed by atoms with Crippen molar-refractivity contribution < 1.29 is 28.4 Å². The summed E-state index contributed by atoms with van der Waals surface area (Å²) in [7, 11) is -0.583. The van der Waals surface area contributed by atoms with Crippen LogP contribution < -0.4 is 16.0 Å². The maximum atomic E-state index is 13.6. The Morgan fingerprint density at radius 3 is 2.41 bits per heavy atom. The number of alkyl carbamates (subject to hydrolysis) is 1. The van der Waals surface area contributed by atoms with E-state index in [0.29, 0.717) is 44.1 Å². The van der Waals surface area contributed by atoms with E-state index in [1.807, 2.05) is 51.1 Å². The molecule has 1 heterocycles. The SMILES string of the molecule is CC(=O)N[C@@H](CCCCNC(=O)OC(C)(C)C)C(=O)N[C@@H](Cc1ccccc1)B1O[C@@H]2C[C@@H]3C[C@@H](C3(C)C)[C@]2(C)O1. The first kappa shape index (κ1) is 31.4. The summed E-state index contributed by atoms with van der Waals surface area (Å²) >= 11 is 0. The third kappa shape index (κ3) is 7.44. The van der Waals surface area contributed by atoms with Crippen LogP contribution in [-0.4, -0.2) is 60.9 Å². The van der Waals surface area contributed by atoms with Crippen molar-refractivity contribution in [3.63, 3.8) is 0 Å². The van der Waals surface area contributed by atoms with E-state index >= 15 is 0 Å². The Kier molecular flexibility index (Phi) is 9.43. The number of hydrogen-bond donors (Lipinski definition) is 3. The molecule has 10 heteroatoms. The van der Waals surface area contributed by atoms with Crippen LogP contribution in [-0.2, 0) is 30.1 Å². The molecular weight excluding hydrogens is 521 g/mol. The molecule has 0 aromatic heterocycles. The van der Waals surface area contributed by atoms with Crippen LogP contribution in [0, 0.1) is 17.3 Å². The van der Waals surface area contributed by atoms with Crippen LogP contribution in [0.25, 0.3) is 0 Å². The van der Waals surface area contributed by atoms with E-state index in [2.05, 4.69) is 36.7 Å². The fourth-order valence-corrected chi connectivity index (χ4v) is 6.93. The predicted molar refractivity (Wildman–Crippen MR) is 158 cm³/mol. The van der Waals surface area contributed by atoms with Crippen LogP contribution in [0.5, 0.6) is 0 Å². The van der Waals surface area contributed by atoms with Gasteiger partial charge in [-0.1, -0.05) is 44.2 Å². The van der Waals surface area contributed by atoms with Gasteiger partial charge in [0.2, 0.25) is 11.8 Å². The van der Waals surface area contributed by atoms with Crippen molar-refractivity contribution in [2.45, 2.75) is 116 Å². The number of nitrogens with one attached hydrogen (secondary N) is 3. The first-order valence-electron chi connectivity index (χ1n) is 15.1. The van der Waals surface area contributed by atoms with Crippen molar-refractivity contribution in [3.8, 4) is 0 Å². The Balaban J connectivity index is 1.39. The molecular formula is C31H48BN3O6. The minimum absolute atomic E-state index is 0.00284. The van der Waals surface area contributed by atoms with Gasteiger partial charge in [-0.05, 0) is 89.0 Å². The number of rotatable bonds is 11. The maximum Gasteiger partial charge on any atom is 0.482 e. The van der Waals surface area contributed by atoms with E-state index in [9.17, 15) is 14.4 Å². The average molecular weight is 570 g/mol. The van der Waals surface area contributed by atoms with Crippen molar-refractivity contribution in [2.24, 2.45) is 17.3 Å². The van der Waals surface area contributed by atoms with Crippen LogP contribution in [0.3, 0.4) is 0 Å². The molecule has 6 atom stereocenters. The summed E-state index contributed by atoms with van der Waals surface area (Å²) < 4.78 is 18.5. The first-order chi connectivity index (χ1) is 19.2. The molecule has 5 rings (SSSR count). The summed E-state index contributed by atoms with van der Waals surface area (Å²) in [4.78, 5) is 37.5. The van der Waals surface area contributed by atoms with E-state index in [0.717, 1.165) is 18.4 Å². The van der Waals surface area contributed by atoms with Crippen molar-refractivity contribution in [2.75, 3.05) is 6.54 Å². The summed E-state index contributed by atoms with van der Waals surface area (Å²) in [5, 5.41) is 8.73. The Morgan fingerprint density at radius 2 is 1.78 bits per heavy atom. The van der Waals surface area contributed by atoms with E-state index in [-0.39, 0.29) is 28.9 Å². The summed E-state index contributed by atoms with van der Waals surface area (Å²) in [6.07, 6.45) is 3.91. The molecule has 0 unspecified atom stereocenters. The molecule has 3 N–H and O–H groups in total. The van der Waals surface area contributed by atoms with Gasteiger partial charge in [-0.3, -0.25) is 9.59 Å². The lowest BCUT2D eigenvalue weighted by Crippen LogP contribution is -2.65. The van der Waals surface area contributed by atoms with Gasteiger partial charge >= 0.3 is 13.2 Å². The number of benzene rings is 1. The Labute approximate surface area is 245 Å². The minimum atomic E-state index is -0.710. The molecule has 1 saturated heterocycles. The highest BCUT2D eigenvalue weighted by atomic mass is 16.7. The Morgan fingerprint density at radius 1 is 1.07 bits per heavy atom. The zero-order chi connectivity index (χ0) is 30.0. The zero-order valence-electron chi connectivity index (χ0n) is 25.8. The van der Waals surface area contributed by atoms with Crippen LogP contribution in [0.1, 0.15) is 86.1 Å². The molecule has 1 aromatic carbocycles. The normalized spacial score (nSPS) is 27.6. The third-order valence-corrected chi connectivity index (χ3v) is 9.21. The van der Waals surface area contributed by atoms with Crippen molar-refractivity contribution in [1.29, 1.82) is 0 Å².